The zero-order valence-electron chi connectivity index (χ0n) is 11.4. The lowest BCUT2D eigenvalue weighted by Gasteiger charge is -2.08. The Bertz CT molecular complexity index is 810. The fourth-order valence-electron chi connectivity index (χ4n) is 2.07. The lowest BCUT2D eigenvalue weighted by molar-refractivity contribution is -0.116. The molecule has 1 amide bonds. The van der Waals surface area contributed by atoms with Crippen molar-refractivity contribution in [3.63, 3.8) is 0 Å². The van der Waals surface area contributed by atoms with Crippen LogP contribution in [0.2, 0.25) is 0 Å². The fraction of sp³-hybridized carbons (Fsp3) is 0.143. The first-order chi connectivity index (χ1) is 10.1. The van der Waals surface area contributed by atoms with Gasteiger partial charge in [0.05, 0.1) is 11.2 Å². The van der Waals surface area contributed by atoms with E-state index in [9.17, 15) is 4.79 Å². The first-order valence-corrected chi connectivity index (χ1v) is 6.43. The zero-order valence-corrected chi connectivity index (χ0v) is 11.4. The van der Waals surface area contributed by atoms with Gasteiger partial charge in [-0.25, -0.2) is 9.67 Å². The molecular formula is C14H14N6O. The minimum absolute atomic E-state index is 0.0480. The first-order valence-electron chi connectivity index (χ1n) is 6.43. The maximum absolute atomic E-state index is 12.1. The van der Waals surface area contributed by atoms with Gasteiger partial charge in [0.2, 0.25) is 11.9 Å². The van der Waals surface area contributed by atoms with Crippen LogP contribution in [0, 0.1) is 6.92 Å². The van der Waals surface area contributed by atoms with Crippen molar-refractivity contribution < 1.29 is 4.79 Å². The lowest BCUT2D eigenvalue weighted by Crippen LogP contribution is -2.19. The number of anilines is 2. The second-order valence-corrected chi connectivity index (χ2v) is 4.68. The number of aryl methyl sites for hydroxylation is 1. The number of aromatic nitrogens is 4. The minimum Gasteiger partial charge on any atom is -0.367 e. The third kappa shape index (κ3) is 2.81. The van der Waals surface area contributed by atoms with E-state index in [4.69, 9.17) is 5.73 Å². The smallest absolute Gasteiger partial charge is 0.246 e. The molecule has 7 heteroatoms. The van der Waals surface area contributed by atoms with Crippen molar-refractivity contribution in [2.45, 2.75) is 13.5 Å². The van der Waals surface area contributed by atoms with Crippen LogP contribution in [0.1, 0.15) is 5.69 Å². The van der Waals surface area contributed by atoms with Crippen molar-refractivity contribution in [3.8, 4) is 0 Å². The van der Waals surface area contributed by atoms with E-state index < -0.39 is 0 Å². The molecule has 3 N–H and O–H groups in total. The molecule has 0 aliphatic heterocycles. The van der Waals surface area contributed by atoms with Crippen LogP contribution in [0.4, 0.5) is 11.6 Å². The molecule has 0 spiro atoms. The van der Waals surface area contributed by atoms with Gasteiger partial charge in [-0.15, -0.1) is 5.10 Å². The molecule has 0 unspecified atom stereocenters. The summed E-state index contributed by atoms with van der Waals surface area (Å²) in [5.41, 5.74) is 7.75. The van der Waals surface area contributed by atoms with E-state index in [1.807, 2.05) is 37.3 Å². The molecule has 0 aliphatic rings. The molecule has 3 rings (SSSR count). The molecule has 3 aromatic rings. The van der Waals surface area contributed by atoms with Gasteiger partial charge in [0, 0.05) is 11.1 Å². The Kier molecular flexibility index (Phi) is 3.23. The summed E-state index contributed by atoms with van der Waals surface area (Å²) >= 11 is 0. The van der Waals surface area contributed by atoms with Gasteiger partial charge in [0.25, 0.3) is 0 Å². The number of nitrogen functional groups attached to an aromatic ring is 1. The van der Waals surface area contributed by atoms with Crippen LogP contribution in [-0.4, -0.2) is 25.7 Å². The van der Waals surface area contributed by atoms with Crippen LogP contribution in [-0.2, 0) is 11.3 Å². The van der Waals surface area contributed by atoms with Crippen molar-refractivity contribution in [2.24, 2.45) is 0 Å². The SMILES string of the molecule is Cc1ccc2cccc(NC(=O)Cn3cnc(N)n3)c2n1. The molecule has 0 saturated heterocycles. The van der Waals surface area contributed by atoms with Gasteiger partial charge in [0.15, 0.2) is 0 Å². The van der Waals surface area contributed by atoms with Gasteiger partial charge in [-0.2, -0.15) is 0 Å². The number of para-hydroxylation sites is 1. The highest BCUT2D eigenvalue weighted by molar-refractivity contribution is 6.00. The van der Waals surface area contributed by atoms with Gasteiger partial charge in [-0.3, -0.25) is 9.78 Å². The summed E-state index contributed by atoms with van der Waals surface area (Å²) in [5, 5.41) is 7.69. The molecule has 0 aliphatic carbocycles. The molecule has 0 radical (unpaired) electrons. The van der Waals surface area contributed by atoms with Crippen molar-refractivity contribution in [1.82, 2.24) is 19.7 Å². The van der Waals surface area contributed by atoms with Crippen molar-refractivity contribution in [2.75, 3.05) is 11.1 Å². The fourth-order valence-corrected chi connectivity index (χ4v) is 2.07. The van der Waals surface area contributed by atoms with Crippen LogP contribution >= 0.6 is 0 Å². The maximum Gasteiger partial charge on any atom is 0.246 e. The van der Waals surface area contributed by atoms with E-state index in [2.05, 4.69) is 20.4 Å². The van der Waals surface area contributed by atoms with Crippen molar-refractivity contribution in [1.29, 1.82) is 0 Å². The van der Waals surface area contributed by atoms with Gasteiger partial charge < -0.3 is 11.1 Å². The Morgan fingerprint density at radius 1 is 1.33 bits per heavy atom. The first kappa shape index (κ1) is 13.0. The highest BCUT2D eigenvalue weighted by Gasteiger charge is 2.08. The van der Waals surface area contributed by atoms with Crippen LogP contribution < -0.4 is 11.1 Å². The average Bonchev–Trinajstić information content (AvgIpc) is 2.84. The quantitative estimate of drug-likeness (QED) is 0.755. The molecule has 0 saturated carbocycles. The maximum atomic E-state index is 12.1. The summed E-state index contributed by atoms with van der Waals surface area (Å²) in [4.78, 5) is 20.3. The lowest BCUT2D eigenvalue weighted by atomic mass is 10.1. The molecule has 0 atom stereocenters. The number of nitrogens with one attached hydrogen (secondary N) is 1. The number of carbonyl (C=O) groups excluding carboxylic acids is 1. The number of hydrogen-bond acceptors (Lipinski definition) is 5. The number of fused-ring (bicyclic) bond motifs is 1. The molecule has 0 fully saturated rings. The molecular weight excluding hydrogens is 268 g/mol. The van der Waals surface area contributed by atoms with E-state index >= 15 is 0 Å². The number of nitrogens with zero attached hydrogens (tertiary/aromatic N) is 4. The monoisotopic (exact) mass is 282 g/mol. The van der Waals surface area contributed by atoms with Crippen LogP contribution in [0.15, 0.2) is 36.7 Å². The van der Waals surface area contributed by atoms with E-state index in [0.29, 0.717) is 5.69 Å². The second kappa shape index (κ2) is 5.20. The Balaban J connectivity index is 1.84. The molecule has 106 valence electrons. The minimum atomic E-state index is -0.212. The number of nitrogens with two attached hydrogens (primary N) is 1. The third-order valence-corrected chi connectivity index (χ3v) is 2.99. The summed E-state index contributed by atoms with van der Waals surface area (Å²) in [6, 6.07) is 9.57. The number of rotatable bonds is 3. The summed E-state index contributed by atoms with van der Waals surface area (Å²) in [5.74, 6) is -0.0686. The highest BCUT2D eigenvalue weighted by atomic mass is 16.2. The predicted octanol–water partition coefficient (Wildman–Crippen LogP) is 1.36. The average molecular weight is 282 g/mol. The summed E-state index contributed by atoms with van der Waals surface area (Å²) < 4.78 is 1.38. The van der Waals surface area contributed by atoms with Gasteiger partial charge in [-0.1, -0.05) is 18.2 Å². The largest absolute Gasteiger partial charge is 0.367 e. The summed E-state index contributed by atoms with van der Waals surface area (Å²) in [6.45, 7) is 1.96. The number of amides is 1. The van der Waals surface area contributed by atoms with E-state index in [0.717, 1.165) is 16.6 Å². The third-order valence-electron chi connectivity index (χ3n) is 2.99. The van der Waals surface area contributed by atoms with E-state index in [-0.39, 0.29) is 18.4 Å². The predicted molar refractivity (Wildman–Crippen MR) is 79.5 cm³/mol. The van der Waals surface area contributed by atoms with Crippen molar-refractivity contribution in [3.05, 3.63) is 42.4 Å². The zero-order chi connectivity index (χ0) is 14.8. The Hall–Kier alpha value is -2.96. The Labute approximate surface area is 120 Å². The molecule has 2 heterocycles. The highest BCUT2D eigenvalue weighted by Crippen LogP contribution is 2.21. The summed E-state index contributed by atoms with van der Waals surface area (Å²) in [6.07, 6.45) is 1.42. The molecule has 21 heavy (non-hydrogen) atoms. The Morgan fingerprint density at radius 2 is 2.19 bits per heavy atom. The number of pyridine rings is 1. The number of hydrogen-bond donors (Lipinski definition) is 2. The Morgan fingerprint density at radius 3 is 2.95 bits per heavy atom. The normalized spacial score (nSPS) is 10.7. The van der Waals surface area contributed by atoms with Crippen molar-refractivity contribution >= 4 is 28.4 Å². The molecule has 2 aromatic heterocycles. The number of carbonyl (C=O) groups is 1. The second-order valence-electron chi connectivity index (χ2n) is 4.68. The van der Waals surface area contributed by atoms with E-state index in [1.54, 1.807) is 0 Å². The molecule has 0 bridgehead atoms. The van der Waals surface area contributed by atoms with Gasteiger partial charge in [-0.05, 0) is 19.1 Å². The van der Waals surface area contributed by atoms with Crippen LogP contribution in [0.5, 0.6) is 0 Å². The number of benzene rings is 1. The van der Waals surface area contributed by atoms with Gasteiger partial charge >= 0.3 is 0 Å². The van der Waals surface area contributed by atoms with Crippen LogP contribution in [0.25, 0.3) is 10.9 Å². The molecule has 7 nitrogen and oxygen atoms in total. The topological polar surface area (TPSA) is 98.7 Å². The summed E-state index contributed by atoms with van der Waals surface area (Å²) in [7, 11) is 0. The van der Waals surface area contributed by atoms with Crippen LogP contribution in [0.3, 0.4) is 0 Å². The molecule has 1 aromatic carbocycles. The standard InChI is InChI=1S/C14H14N6O/c1-9-5-6-10-3-2-4-11(13(10)17-9)18-12(21)7-20-8-16-14(15)19-20/h2-6,8H,7H2,1H3,(H2,15,19)(H,18,21). The van der Waals surface area contributed by atoms with Gasteiger partial charge in [0.1, 0.15) is 12.9 Å². The van der Waals surface area contributed by atoms with E-state index in [1.165, 1.54) is 11.0 Å².